The second kappa shape index (κ2) is 10.5. The first kappa shape index (κ1) is 25.8. The van der Waals surface area contributed by atoms with Gasteiger partial charge in [0.1, 0.15) is 0 Å². The molecule has 0 spiro atoms. The van der Waals surface area contributed by atoms with Gasteiger partial charge in [-0.05, 0) is 55.3 Å². The zero-order chi connectivity index (χ0) is 26.2. The number of rotatable bonds is 5. The van der Waals surface area contributed by atoms with Gasteiger partial charge >= 0.3 is 0 Å². The summed E-state index contributed by atoms with van der Waals surface area (Å²) in [6.07, 6.45) is 0. The standard InChI is InChI=1S/C29H32ClN3O3S/c1-21-7-9-23(10-8-21)26-19-33(37(35,36)25-13-11-24(30)12-14-25)20-27(26)29(34)32-17-15-31(16-18-32)28-6-4-3-5-22(28)2/h3-14,26-27H,15-20H2,1-2H3. The van der Waals surface area contributed by atoms with E-state index in [1.165, 1.54) is 27.7 Å². The largest absolute Gasteiger partial charge is 0.368 e. The van der Waals surface area contributed by atoms with E-state index in [1.54, 1.807) is 12.1 Å². The number of hydrogen-bond donors (Lipinski definition) is 0. The molecule has 6 nitrogen and oxygen atoms in total. The molecule has 2 aliphatic heterocycles. The van der Waals surface area contributed by atoms with Gasteiger partial charge in [-0.2, -0.15) is 4.31 Å². The Kier molecular flexibility index (Phi) is 7.30. The van der Waals surface area contributed by atoms with E-state index in [0.717, 1.165) is 24.2 Å². The first-order valence-corrected chi connectivity index (χ1v) is 14.5. The molecule has 2 unspecified atom stereocenters. The van der Waals surface area contributed by atoms with Crippen molar-refractivity contribution in [3.63, 3.8) is 0 Å². The molecule has 0 radical (unpaired) electrons. The minimum atomic E-state index is -3.76. The molecule has 2 atom stereocenters. The molecular weight excluding hydrogens is 506 g/mol. The van der Waals surface area contributed by atoms with Gasteiger partial charge in [0, 0.05) is 55.9 Å². The van der Waals surface area contributed by atoms with Gasteiger partial charge in [-0.15, -0.1) is 0 Å². The van der Waals surface area contributed by atoms with Crippen LogP contribution < -0.4 is 4.90 Å². The lowest BCUT2D eigenvalue weighted by Crippen LogP contribution is -2.51. The highest BCUT2D eigenvalue weighted by Crippen LogP contribution is 2.37. The van der Waals surface area contributed by atoms with Crippen molar-refractivity contribution in [2.45, 2.75) is 24.7 Å². The molecule has 37 heavy (non-hydrogen) atoms. The minimum Gasteiger partial charge on any atom is -0.368 e. The number of para-hydroxylation sites is 1. The maximum absolute atomic E-state index is 13.9. The minimum absolute atomic E-state index is 0.0313. The van der Waals surface area contributed by atoms with Crippen molar-refractivity contribution in [1.29, 1.82) is 0 Å². The third-order valence-corrected chi connectivity index (χ3v) is 9.71. The van der Waals surface area contributed by atoms with Crippen molar-refractivity contribution < 1.29 is 13.2 Å². The summed E-state index contributed by atoms with van der Waals surface area (Å²) in [6, 6.07) is 22.6. The monoisotopic (exact) mass is 537 g/mol. The first-order chi connectivity index (χ1) is 17.7. The van der Waals surface area contributed by atoms with Crippen LogP contribution in [0.3, 0.4) is 0 Å². The predicted octanol–water partition coefficient (Wildman–Crippen LogP) is 4.71. The highest BCUT2D eigenvalue weighted by atomic mass is 35.5. The topological polar surface area (TPSA) is 60.9 Å². The number of amides is 1. The van der Waals surface area contributed by atoms with E-state index < -0.39 is 15.9 Å². The molecule has 2 aliphatic rings. The van der Waals surface area contributed by atoms with E-state index in [0.29, 0.717) is 18.1 Å². The SMILES string of the molecule is Cc1ccc(C2CN(S(=O)(=O)c3ccc(Cl)cc3)CC2C(=O)N2CCN(c3ccccc3C)CC2)cc1. The van der Waals surface area contributed by atoms with Gasteiger partial charge in [0.05, 0.1) is 10.8 Å². The van der Waals surface area contributed by atoms with E-state index in [1.807, 2.05) is 48.2 Å². The summed E-state index contributed by atoms with van der Waals surface area (Å²) in [5, 5.41) is 0.482. The molecule has 0 N–H and O–H groups in total. The van der Waals surface area contributed by atoms with E-state index in [9.17, 15) is 13.2 Å². The first-order valence-electron chi connectivity index (χ1n) is 12.7. The summed E-state index contributed by atoms with van der Waals surface area (Å²) in [5.74, 6) is -0.608. The van der Waals surface area contributed by atoms with Crippen LogP contribution in [0.5, 0.6) is 0 Å². The Bertz CT molecular complexity index is 1370. The van der Waals surface area contributed by atoms with Gasteiger partial charge in [-0.25, -0.2) is 8.42 Å². The van der Waals surface area contributed by atoms with Crippen LogP contribution in [0.1, 0.15) is 22.6 Å². The molecule has 194 valence electrons. The number of benzene rings is 3. The van der Waals surface area contributed by atoms with Gasteiger partial charge < -0.3 is 9.80 Å². The Balaban J connectivity index is 1.37. The number of piperazine rings is 1. The van der Waals surface area contributed by atoms with Crippen LogP contribution in [-0.4, -0.2) is 62.8 Å². The Labute approximate surface area is 224 Å². The zero-order valence-electron chi connectivity index (χ0n) is 21.2. The number of anilines is 1. The van der Waals surface area contributed by atoms with Gasteiger partial charge in [0.2, 0.25) is 15.9 Å². The maximum Gasteiger partial charge on any atom is 0.243 e. The van der Waals surface area contributed by atoms with Crippen molar-refractivity contribution >= 4 is 33.2 Å². The van der Waals surface area contributed by atoms with Crippen LogP contribution in [0.2, 0.25) is 5.02 Å². The summed E-state index contributed by atoms with van der Waals surface area (Å²) in [7, 11) is -3.76. The number of aryl methyl sites for hydroxylation is 2. The summed E-state index contributed by atoms with van der Waals surface area (Å²) in [6.45, 7) is 7.31. The van der Waals surface area contributed by atoms with Crippen molar-refractivity contribution in [3.8, 4) is 0 Å². The molecule has 3 aromatic rings. The predicted molar refractivity (Wildman–Crippen MR) is 148 cm³/mol. The fourth-order valence-corrected chi connectivity index (χ4v) is 7.06. The highest BCUT2D eigenvalue weighted by Gasteiger charge is 2.45. The molecule has 0 saturated carbocycles. The number of halogens is 1. The molecule has 8 heteroatoms. The fraction of sp³-hybridized carbons (Fsp3) is 0.345. The van der Waals surface area contributed by atoms with Gasteiger partial charge in [0.25, 0.3) is 0 Å². The smallest absolute Gasteiger partial charge is 0.243 e. The number of carbonyl (C=O) groups is 1. The van der Waals surface area contributed by atoms with E-state index in [-0.39, 0.29) is 29.8 Å². The lowest BCUT2D eigenvalue weighted by molar-refractivity contribution is -0.135. The highest BCUT2D eigenvalue weighted by molar-refractivity contribution is 7.89. The second-order valence-electron chi connectivity index (χ2n) is 10.00. The molecular formula is C29H32ClN3O3S. The molecule has 2 fully saturated rings. The number of hydrogen-bond acceptors (Lipinski definition) is 4. The molecule has 2 heterocycles. The molecule has 0 aliphatic carbocycles. The number of carbonyl (C=O) groups excluding carboxylic acids is 1. The van der Waals surface area contributed by atoms with E-state index in [4.69, 9.17) is 11.6 Å². The molecule has 0 aromatic heterocycles. The summed E-state index contributed by atoms with van der Waals surface area (Å²) < 4.78 is 28.5. The van der Waals surface area contributed by atoms with Crippen LogP contribution >= 0.6 is 11.6 Å². The Morgan fingerprint density at radius 2 is 1.49 bits per heavy atom. The number of nitrogens with zero attached hydrogens (tertiary/aromatic N) is 3. The summed E-state index contributed by atoms with van der Waals surface area (Å²) in [4.78, 5) is 18.3. The Morgan fingerprint density at radius 1 is 0.838 bits per heavy atom. The van der Waals surface area contributed by atoms with Crippen molar-refractivity contribution in [3.05, 3.63) is 94.5 Å². The summed E-state index contributed by atoms with van der Waals surface area (Å²) >= 11 is 5.98. The molecule has 2 saturated heterocycles. The lowest BCUT2D eigenvalue weighted by Gasteiger charge is -2.38. The van der Waals surface area contributed by atoms with E-state index >= 15 is 0 Å². The van der Waals surface area contributed by atoms with E-state index in [2.05, 4.69) is 24.0 Å². The van der Waals surface area contributed by atoms with Crippen molar-refractivity contribution in [1.82, 2.24) is 9.21 Å². The van der Waals surface area contributed by atoms with Gasteiger partial charge in [0.15, 0.2) is 0 Å². The normalized spacial score (nSPS) is 20.8. The van der Waals surface area contributed by atoms with Gasteiger partial charge in [-0.1, -0.05) is 59.6 Å². The average molecular weight is 538 g/mol. The Morgan fingerprint density at radius 3 is 2.14 bits per heavy atom. The average Bonchev–Trinajstić information content (AvgIpc) is 3.36. The van der Waals surface area contributed by atoms with Crippen LogP contribution in [0.25, 0.3) is 0 Å². The summed E-state index contributed by atoms with van der Waals surface area (Å²) in [5.41, 5.74) is 4.55. The quantitative estimate of drug-likeness (QED) is 0.473. The molecule has 3 aromatic carbocycles. The third kappa shape index (κ3) is 5.26. The lowest BCUT2D eigenvalue weighted by atomic mass is 9.87. The van der Waals surface area contributed by atoms with Gasteiger partial charge in [-0.3, -0.25) is 4.79 Å². The molecule has 5 rings (SSSR count). The number of sulfonamides is 1. The molecule has 0 bridgehead atoms. The maximum atomic E-state index is 13.9. The second-order valence-corrected chi connectivity index (χ2v) is 12.4. The zero-order valence-corrected chi connectivity index (χ0v) is 22.8. The van der Waals surface area contributed by atoms with Crippen LogP contribution in [0.4, 0.5) is 5.69 Å². The van der Waals surface area contributed by atoms with Crippen molar-refractivity contribution in [2.75, 3.05) is 44.2 Å². The Hall–Kier alpha value is -2.87. The third-order valence-electron chi connectivity index (χ3n) is 7.61. The van der Waals surface area contributed by atoms with Crippen LogP contribution in [-0.2, 0) is 14.8 Å². The van der Waals surface area contributed by atoms with Crippen LogP contribution in [0.15, 0.2) is 77.7 Å². The molecule has 1 amide bonds. The van der Waals surface area contributed by atoms with Crippen LogP contribution in [0, 0.1) is 19.8 Å². The van der Waals surface area contributed by atoms with Crippen molar-refractivity contribution in [2.24, 2.45) is 5.92 Å². The fourth-order valence-electron chi connectivity index (χ4n) is 5.44.